The maximum atomic E-state index is 11.3. The van der Waals surface area contributed by atoms with Gasteiger partial charge in [0.2, 0.25) is 0 Å². The largest absolute Gasteiger partial charge is 0.460 e. The second-order valence-electron chi connectivity index (χ2n) is 3.43. The molecule has 2 rings (SSSR count). The highest BCUT2D eigenvalue weighted by Crippen LogP contribution is 2.14. The molecule has 96 valence electrons. The van der Waals surface area contributed by atoms with Gasteiger partial charge in [0.15, 0.2) is 0 Å². The third kappa shape index (κ3) is 2.54. The summed E-state index contributed by atoms with van der Waals surface area (Å²) in [6.07, 6.45) is 3.33. The van der Waals surface area contributed by atoms with Crippen molar-refractivity contribution < 1.29 is 14.1 Å². The molecule has 18 heavy (non-hydrogen) atoms. The number of carbonyl (C=O) groups is 1. The first kappa shape index (κ1) is 12.2. The maximum absolute atomic E-state index is 11.3. The summed E-state index contributed by atoms with van der Waals surface area (Å²) < 4.78 is 11.5. The van der Waals surface area contributed by atoms with Crippen molar-refractivity contribution in [1.29, 1.82) is 0 Å². The summed E-state index contributed by atoms with van der Waals surface area (Å²) in [5.41, 5.74) is 5.92. The summed E-state index contributed by atoms with van der Waals surface area (Å²) in [5, 5.41) is 3.53. The third-order valence-electron chi connectivity index (χ3n) is 2.12. The van der Waals surface area contributed by atoms with Crippen molar-refractivity contribution in [2.45, 2.75) is 13.5 Å². The molecule has 0 aliphatic rings. The SMILES string of the molecule is CCOC(=O)c1noc(-c2cn(CCN)cn2)n1. The molecule has 2 aromatic rings. The van der Waals surface area contributed by atoms with Gasteiger partial charge in [-0.15, -0.1) is 0 Å². The number of imidazole rings is 1. The molecule has 0 spiro atoms. The molecule has 2 heterocycles. The van der Waals surface area contributed by atoms with E-state index < -0.39 is 5.97 Å². The van der Waals surface area contributed by atoms with Crippen LogP contribution in [0.4, 0.5) is 0 Å². The minimum atomic E-state index is -0.617. The van der Waals surface area contributed by atoms with Gasteiger partial charge in [0.25, 0.3) is 11.7 Å². The Bertz CT molecular complexity index is 533. The van der Waals surface area contributed by atoms with Crippen LogP contribution in [0.1, 0.15) is 17.5 Å². The molecule has 0 saturated carbocycles. The minimum absolute atomic E-state index is 0.111. The van der Waals surface area contributed by atoms with Gasteiger partial charge in [-0.25, -0.2) is 9.78 Å². The Morgan fingerprint density at radius 1 is 1.61 bits per heavy atom. The van der Waals surface area contributed by atoms with Crippen molar-refractivity contribution in [1.82, 2.24) is 19.7 Å². The lowest BCUT2D eigenvalue weighted by molar-refractivity contribution is 0.0508. The molecule has 0 aromatic carbocycles. The van der Waals surface area contributed by atoms with E-state index >= 15 is 0 Å². The average Bonchev–Trinajstić information content (AvgIpc) is 2.97. The zero-order chi connectivity index (χ0) is 13.0. The van der Waals surface area contributed by atoms with Crippen molar-refractivity contribution in [3.63, 3.8) is 0 Å². The molecule has 0 saturated heterocycles. The molecule has 0 amide bonds. The first-order valence-corrected chi connectivity index (χ1v) is 5.47. The average molecular weight is 251 g/mol. The van der Waals surface area contributed by atoms with E-state index in [1.54, 1.807) is 24.0 Å². The van der Waals surface area contributed by atoms with Crippen molar-refractivity contribution in [3.8, 4) is 11.6 Å². The number of nitrogens with two attached hydrogens (primary N) is 1. The summed E-state index contributed by atoms with van der Waals surface area (Å²) >= 11 is 0. The van der Waals surface area contributed by atoms with Gasteiger partial charge in [-0.3, -0.25) is 0 Å². The van der Waals surface area contributed by atoms with E-state index in [1.165, 1.54) is 0 Å². The Morgan fingerprint density at radius 3 is 3.17 bits per heavy atom. The van der Waals surface area contributed by atoms with Crippen LogP contribution in [0.3, 0.4) is 0 Å². The Morgan fingerprint density at radius 2 is 2.44 bits per heavy atom. The molecule has 0 bridgehead atoms. The summed E-state index contributed by atoms with van der Waals surface area (Å²) in [4.78, 5) is 19.3. The molecule has 0 atom stereocenters. The number of rotatable bonds is 5. The fraction of sp³-hybridized carbons (Fsp3) is 0.400. The fourth-order valence-electron chi connectivity index (χ4n) is 1.35. The Balaban J connectivity index is 2.15. The van der Waals surface area contributed by atoms with Gasteiger partial charge >= 0.3 is 5.97 Å². The number of carbonyl (C=O) groups excluding carboxylic acids is 1. The van der Waals surface area contributed by atoms with Crippen LogP contribution in [-0.2, 0) is 11.3 Å². The number of hydrogen-bond acceptors (Lipinski definition) is 7. The zero-order valence-electron chi connectivity index (χ0n) is 9.87. The summed E-state index contributed by atoms with van der Waals surface area (Å²) in [5.74, 6) is -0.553. The molecule has 2 aromatic heterocycles. The first-order valence-electron chi connectivity index (χ1n) is 5.47. The number of aromatic nitrogens is 4. The van der Waals surface area contributed by atoms with Gasteiger partial charge in [0.1, 0.15) is 5.69 Å². The number of nitrogens with zero attached hydrogens (tertiary/aromatic N) is 4. The smallest absolute Gasteiger partial charge is 0.379 e. The lowest BCUT2D eigenvalue weighted by Crippen LogP contribution is -2.07. The molecule has 8 nitrogen and oxygen atoms in total. The predicted octanol–water partition coefficient (Wildman–Crippen LogP) is 0.0685. The van der Waals surface area contributed by atoms with Gasteiger partial charge in [0.05, 0.1) is 12.9 Å². The second-order valence-corrected chi connectivity index (χ2v) is 3.43. The van der Waals surface area contributed by atoms with E-state index in [0.717, 1.165) is 0 Å². The third-order valence-corrected chi connectivity index (χ3v) is 2.12. The number of esters is 1. The predicted molar refractivity (Wildman–Crippen MR) is 60.5 cm³/mol. The number of hydrogen-bond donors (Lipinski definition) is 1. The summed E-state index contributed by atoms with van der Waals surface area (Å²) in [7, 11) is 0. The quantitative estimate of drug-likeness (QED) is 0.748. The Hall–Kier alpha value is -2.22. The van der Waals surface area contributed by atoms with Crippen molar-refractivity contribution >= 4 is 5.97 Å². The number of ether oxygens (including phenoxy) is 1. The van der Waals surface area contributed by atoms with E-state index in [0.29, 0.717) is 18.8 Å². The standard InChI is InChI=1S/C10H13N5O3/c1-2-17-10(16)8-13-9(18-14-8)7-5-15(4-3-11)6-12-7/h5-6H,2-4,11H2,1H3. The van der Waals surface area contributed by atoms with Gasteiger partial charge in [-0.05, 0) is 12.1 Å². The van der Waals surface area contributed by atoms with Gasteiger partial charge in [-0.2, -0.15) is 4.98 Å². The normalized spacial score (nSPS) is 10.6. The molecule has 0 aliphatic heterocycles. The van der Waals surface area contributed by atoms with Crippen molar-refractivity contribution in [2.75, 3.05) is 13.2 Å². The molecule has 8 heteroatoms. The molecule has 2 N–H and O–H groups in total. The van der Waals surface area contributed by atoms with Crippen molar-refractivity contribution in [2.24, 2.45) is 5.73 Å². The van der Waals surface area contributed by atoms with Crippen LogP contribution in [0.2, 0.25) is 0 Å². The van der Waals surface area contributed by atoms with E-state index in [4.69, 9.17) is 15.0 Å². The Kier molecular flexibility index (Phi) is 3.68. The zero-order valence-corrected chi connectivity index (χ0v) is 9.87. The minimum Gasteiger partial charge on any atom is -0.460 e. The molecule has 0 aliphatic carbocycles. The summed E-state index contributed by atoms with van der Waals surface area (Å²) in [6, 6.07) is 0. The lowest BCUT2D eigenvalue weighted by atomic mass is 10.5. The lowest BCUT2D eigenvalue weighted by Gasteiger charge is -1.94. The molecule has 0 radical (unpaired) electrons. The fourth-order valence-corrected chi connectivity index (χ4v) is 1.35. The van der Waals surface area contributed by atoms with E-state index in [2.05, 4.69) is 15.1 Å². The van der Waals surface area contributed by atoms with Crippen LogP contribution in [0.25, 0.3) is 11.6 Å². The van der Waals surface area contributed by atoms with Crippen LogP contribution in [0.5, 0.6) is 0 Å². The van der Waals surface area contributed by atoms with Crippen LogP contribution in [0, 0.1) is 0 Å². The Labute approximate surface area is 103 Å². The van der Waals surface area contributed by atoms with E-state index in [-0.39, 0.29) is 18.3 Å². The maximum Gasteiger partial charge on any atom is 0.379 e. The topological polar surface area (TPSA) is 109 Å². The van der Waals surface area contributed by atoms with Gasteiger partial charge in [-0.1, -0.05) is 0 Å². The molecule has 0 fully saturated rings. The van der Waals surface area contributed by atoms with E-state index in [9.17, 15) is 4.79 Å². The first-order chi connectivity index (χ1) is 8.74. The van der Waals surface area contributed by atoms with Gasteiger partial charge < -0.3 is 19.6 Å². The molecular weight excluding hydrogens is 238 g/mol. The van der Waals surface area contributed by atoms with Crippen LogP contribution < -0.4 is 5.73 Å². The molecule has 0 unspecified atom stereocenters. The highest BCUT2D eigenvalue weighted by atomic mass is 16.5. The van der Waals surface area contributed by atoms with Gasteiger partial charge in [0, 0.05) is 19.3 Å². The monoisotopic (exact) mass is 251 g/mol. The van der Waals surface area contributed by atoms with Crippen LogP contribution in [-0.4, -0.2) is 38.8 Å². The molecular formula is C10H13N5O3. The highest BCUT2D eigenvalue weighted by molar-refractivity contribution is 5.85. The highest BCUT2D eigenvalue weighted by Gasteiger charge is 2.17. The van der Waals surface area contributed by atoms with Crippen molar-refractivity contribution in [3.05, 3.63) is 18.3 Å². The van der Waals surface area contributed by atoms with Crippen LogP contribution in [0.15, 0.2) is 17.0 Å². The second kappa shape index (κ2) is 5.41. The summed E-state index contributed by atoms with van der Waals surface area (Å²) in [6.45, 7) is 3.11. The van der Waals surface area contributed by atoms with E-state index in [1.807, 2.05) is 0 Å². The van der Waals surface area contributed by atoms with Crippen LogP contribution >= 0.6 is 0 Å².